The molecule has 24 heteroatoms. The van der Waals surface area contributed by atoms with Crippen LogP contribution in [0.2, 0.25) is 0 Å². The van der Waals surface area contributed by atoms with E-state index in [4.69, 9.17) is 149 Å². The summed E-state index contributed by atoms with van der Waals surface area (Å²) in [6.07, 6.45) is 2.99. The van der Waals surface area contributed by atoms with E-state index in [9.17, 15) is 9.59 Å². The summed E-state index contributed by atoms with van der Waals surface area (Å²) in [4.78, 5) is 52.0. The molecular formula is C45H38Cl12N8O4. The zero-order valence-electron chi connectivity index (χ0n) is 36.3. The van der Waals surface area contributed by atoms with E-state index < -0.39 is 21.1 Å². The molecule has 0 aliphatic heterocycles. The highest BCUT2D eigenvalue weighted by atomic mass is 35.6. The molecule has 0 fully saturated rings. The number of alkyl halides is 12. The van der Waals surface area contributed by atoms with Crippen LogP contribution >= 0.6 is 139 Å². The number of benzene rings is 4. The molecule has 12 nitrogen and oxygen atoms in total. The number of rotatable bonds is 14. The summed E-state index contributed by atoms with van der Waals surface area (Å²) in [6, 6.07) is 27.3. The highest BCUT2D eigenvalue weighted by Gasteiger charge is 2.35. The maximum absolute atomic E-state index is 12.7. The normalized spacial score (nSPS) is 11.9. The Morgan fingerprint density at radius 1 is 0.493 bits per heavy atom. The average Bonchev–Trinajstić information content (AvgIpc) is 3.30. The van der Waals surface area contributed by atoms with Gasteiger partial charge in [-0.1, -0.05) is 160 Å². The predicted molar refractivity (Wildman–Crippen MR) is 282 cm³/mol. The van der Waals surface area contributed by atoms with E-state index in [1.165, 1.54) is 0 Å². The molecule has 2 aromatic heterocycles. The molecule has 1 amide bonds. The molecule has 366 valence electrons. The van der Waals surface area contributed by atoms with Crippen LogP contribution in [-0.4, -0.2) is 61.5 Å². The van der Waals surface area contributed by atoms with E-state index in [0.717, 1.165) is 38.0 Å². The minimum atomic E-state index is -1.96. The van der Waals surface area contributed by atoms with Crippen molar-refractivity contribution in [1.29, 1.82) is 0 Å². The Balaban J connectivity index is 0.000000258. The number of carbonyl (C=O) groups is 2. The second-order valence-corrected chi connectivity index (χ2v) is 23.6. The Labute approximate surface area is 458 Å². The zero-order chi connectivity index (χ0) is 50.7. The van der Waals surface area contributed by atoms with Gasteiger partial charge in [0, 0.05) is 41.2 Å². The summed E-state index contributed by atoms with van der Waals surface area (Å²) in [7, 11) is 0. The summed E-state index contributed by atoms with van der Waals surface area (Å²) >= 11 is 71.0. The van der Waals surface area contributed by atoms with Crippen molar-refractivity contribution < 1.29 is 19.1 Å². The molecule has 0 saturated carbocycles. The summed E-state index contributed by atoms with van der Waals surface area (Å²) in [5, 5.41) is 2.81. The lowest BCUT2D eigenvalue weighted by Crippen LogP contribution is -2.24. The average molecular weight is 1180 g/mol. The molecule has 0 spiro atoms. The number of amides is 1. The van der Waals surface area contributed by atoms with Crippen LogP contribution in [0.1, 0.15) is 84.0 Å². The molecule has 0 aliphatic carbocycles. The van der Waals surface area contributed by atoms with Gasteiger partial charge in [0.1, 0.15) is 11.5 Å². The molecule has 0 radical (unpaired) electrons. The van der Waals surface area contributed by atoms with Crippen LogP contribution in [-0.2, 0) is 15.2 Å². The Bertz CT molecular complexity index is 2590. The van der Waals surface area contributed by atoms with E-state index in [1.807, 2.05) is 19.1 Å². The molecule has 0 saturated heterocycles. The molecule has 4 aromatic carbocycles. The number of anilines is 2. The Morgan fingerprint density at radius 2 is 0.884 bits per heavy atom. The molecule has 2 heterocycles. The van der Waals surface area contributed by atoms with Gasteiger partial charge in [-0.3, -0.25) is 4.79 Å². The molecule has 6 rings (SSSR count). The second-order valence-electron chi connectivity index (χ2n) is 14.5. The molecule has 6 aromatic rings. The summed E-state index contributed by atoms with van der Waals surface area (Å²) in [5.74, 6) is -0.264. The summed E-state index contributed by atoms with van der Waals surface area (Å²) < 4.78 is 3.21. The monoisotopic (exact) mass is 1170 g/mol. The molecule has 0 atom stereocenters. The van der Waals surface area contributed by atoms with E-state index in [1.54, 1.807) is 84.9 Å². The number of hydrogen-bond donors (Lipinski definition) is 1. The molecule has 0 aliphatic rings. The van der Waals surface area contributed by atoms with Crippen LogP contribution in [0.4, 0.5) is 11.4 Å². The minimum Gasteiger partial charge on any atom is -0.494 e. The fourth-order valence-corrected chi connectivity index (χ4v) is 6.92. The largest absolute Gasteiger partial charge is 0.494 e. The number of halogens is 12. The van der Waals surface area contributed by atoms with Gasteiger partial charge in [0.15, 0.2) is 34.9 Å². The molecule has 0 unspecified atom stereocenters. The third-order valence-electron chi connectivity index (χ3n) is 9.05. The second kappa shape index (κ2) is 25.0. The van der Waals surface area contributed by atoms with E-state index in [2.05, 4.69) is 54.0 Å². The van der Waals surface area contributed by atoms with Crippen LogP contribution in [0, 0.1) is 0 Å². The van der Waals surface area contributed by atoms with Gasteiger partial charge in [-0.2, -0.15) is 0 Å². The van der Waals surface area contributed by atoms with Crippen molar-refractivity contribution in [3.8, 4) is 34.3 Å². The van der Waals surface area contributed by atoms with Gasteiger partial charge in [0.2, 0.25) is 15.2 Å². The Morgan fingerprint density at radius 3 is 1.28 bits per heavy atom. The first kappa shape index (κ1) is 56.8. The zero-order valence-corrected chi connectivity index (χ0v) is 45.4. The first-order valence-electron chi connectivity index (χ1n) is 20.5. The number of aromatic nitrogens is 6. The fraction of sp³-hybridized carbons (Fsp3) is 0.289. The smallest absolute Gasteiger partial charge is 0.343 e. The van der Waals surface area contributed by atoms with Crippen LogP contribution in [0.15, 0.2) is 97.1 Å². The molecule has 69 heavy (non-hydrogen) atoms. The predicted octanol–water partition coefficient (Wildman–Crippen LogP) is 15.3. The van der Waals surface area contributed by atoms with Crippen molar-refractivity contribution in [1.82, 2.24) is 29.9 Å². The lowest BCUT2D eigenvalue weighted by molar-refractivity contribution is 0.0734. The third-order valence-corrected chi connectivity index (χ3v) is 11.1. The number of nitrogens with one attached hydrogen (secondary N) is 1. The molecule has 0 bridgehead atoms. The highest BCUT2D eigenvalue weighted by Crippen LogP contribution is 2.42. The lowest BCUT2D eigenvalue weighted by atomic mass is 10.1. The van der Waals surface area contributed by atoms with Crippen molar-refractivity contribution in [3.63, 3.8) is 0 Å². The minimum absolute atomic E-state index is 0.116. The van der Waals surface area contributed by atoms with Crippen molar-refractivity contribution in [2.75, 3.05) is 29.9 Å². The van der Waals surface area contributed by atoms with Crippen LogP contribution in [0.25, 0.3) is 22.8 Å². The topological polar surface area (TPSA) is 145 Å². The van der Waals surface area contributed by atoms with Gasteiger partial charge in [-0.05, 0) is 116 Å². The summed E-state index contributed by atoms with van der Waals surface area (Å²) in [5.41, 5.74) is 3.57. The quantitative estimate of drug-likeness (QED) is 0.0632. The fourth-order valence-electron chi connectivity index (χ4n) is 5.90. The molecular weight excluding hydrogens is 1140 g/mol. The van der Waals surface area contributed by atoms with Gasteiger partial charge < -0.3 is 19.7 Å². The maximum atomic E-state index is 12.7. The first-order chi connectivity index (χ1) is 32.4. The number of carbonyl (C=O) groups excluding carboxylic acids is 2. The van der Waals surface area contributed by atoms with Gasteiger partial charge in [0.05, 0.1) is 12.2 Å². The van der Waals surface area contributed by atoms with Crippen molar-refractivity contribution >= 4 is 162 Å². The van der Waals surface area contributed by atoms with Gasteiger partial charge in [0.25, 0.3) is 5.91 Å². The Kier molecular flexibility index (Phi) is 20.6. The highest BCUT2D eigenvalue weighted by molar-refractivity contribution is 6.68. The van der Waals surface area contributed by atoms with Crippen molar-refractivity contribution in [2.24, 2.45) is 0 Å². The van der Waals surface area contributed by atoms with Crippen molar-refractivity contribution in [3.05, 3.63) is 131 Å². The SMILES string of the molecule is CCCN(CCC)c1ccc(C(=O)Oc2ccc(-c3nc(C(Cl)(Cl)Cl)nc(C(Cl)(Cl)Cl)n3)cc2)cc1.CCCOc1ccc(C(=O)Nc2ccc(-c3nc(C(Cl)(Cl)Cl)nc(C(Cl)(Cl)Cl)n3)cc2)cc1. The number of nitrogens with zero attached hydrogens (tertiary/aromatic N) is 7. The van der Waals surface area contributed by atoms with E-state index >= 15 is 0 Å². The van der Waals surface area contributed by atoms with Gasteiger partial charge in [-0.15, -0.1) is 0 Å². The van der Waals surface area contributed by atoms with Crippen LogP contribution in [0.5, 0.6) is 11.5 Å². The number of esters is 1. The number of hydrogen-bond acceptors (Lipinski definition) is 11. The third kappa shape index (κ3) is 17.0. The van der Waals surface area contributed by atoms with Crippen LogP contribution in [0.3, 0.4) is 0 Å². The summed E-state index contributed by atoms with van der Waals surface area (Å²) in [6.45, 7) is 8.83. The maximum Gasteiger partial charge on any atom is 0.343 e. The molecule has 1 N–H and O–H groups in total. The van der Waals surface area contributed by atoms with Gasteiger partial charge >= 0.3 is 5.97 Å². The lowest BCUT2D eigenvalue weighted by Gasteiger charge is -2.23. The van der Waals surface area contributed by atoms with E-state index in [-0.39, 0.29) is 40.9 Å². The van der Waals surface area contributed by atoms with Crippen molar-refractivity contribution in [2.45, 2.75) is 55.2 Å². The number of ether oxygens (including phenoxy) is 2. The standard InChI is InChI=1S/C24H22Cl6N4O2.C21H16Cl6N4O2/c1-3-13-34(14-4-2)17-9-5-16(6-10-17)20(35)36-18-11-7-15(8-12-18)19-31-21(23(25,26)27)33-22(32-19)24(28,29)30;1-2-11-33-15-9-5-13(6-10-15)17(32)28-14-7-3-12(4-8-14)16-29-18(20(22,23)24)31-19(30-16)21(25,26)27/h5-12H,3-4,13-14H2,1-2H3;3-10H,2,11H2,1H3,(H,28,32). The van der Waals surface area contributed by atoms with Gasteiger partial charge in [-0.25, -0.2) is 34.7 Å². The van der Waals surface area contributed by atoms with E-state index in [0.29, 0.717) is 46.0 Å². The Hall–Kier alpha value is -3.08. The first-order valence-corrected chi connectivity index (χ1v) is 25.1. The van der Waals surface area contributed by atoms with Crippen LogP contribution < -0.4 is 19.7 Å².